The summed E-state index contributed by atoms with van der Waals surface area (Å²) in [6.07, 6.45) is 9.66. The Kier molecular flexibility index (Phi) is 7.17. The molecule has 5 rings (SSSR count). The third-order valence-electron chi connectivity index (χ3n) is 7.18. The lowest BCUT2D eigenvalue weighted by Gasteiger charge is -2.26. The molecule has 0 amide bonds. The van der Waals surface area contributed by atoms with E-state index in [-0.39, 0.29) is 0 Å². The third-order valence-corrected chi connectivity index (χ3v) is 10.1. The summed E-state index contributed by atoms with van der Waals surface area (Å²) in [5.74, 6) is 8.65. The lowest BCUT2D eigenvalue weighted by atomic mass is 10.0. The largest absolute Gasteiger partial charge is 0.353 e. The number of H-pyrrole nitrogens is 1. The second kappa shape index (κ2) is 10.5. The highest BCUT2D eigenvalue weighted by atomic mass is 32.2. The van der Waals surface area contributed by atoms with Gasteiger partial charge in [0.05, 0.1) is 28.1 Å². The minimum absolute atomic E-state index is 0.360. The van der Waals surface area contributed by atoms with E-state index in [2.05, 4.69) is 86.8 Å². The Balaban J connectivity index is 1.36. The first-order valence-electron chi connectivity index (χ1n) is 12.9. The number of anilines is 1. The molecule has 1 aliphatic rings. The van der Waals surface area contributed by atoms with E-state index in [1.54, 1.807) is 0 Å². The van der Waals surface area contributed by atoms with Gasteiger partial charge >= 0.3 is 0 Å². The van der Waals surface area contributed by atoms with Crippen molar-refractivity contribution in [2.24, 2.45) is 0 Å². The molecule has 1 aromatic carbocycles. The molecular formula is C30H36N6S. The van der Waals surface area contributed by atoms with Crippen LogP contribution in [0.2, 0.25) is 0 Å². The summed E-state index contributed by atoms with van der Waals surface area (Å²) < 4.78 is 0. The zero-order valence-electron chi connectivity index (χ0n) is 21.8. The van der Waals surface area contributed by atoms with Gasteiger partial charge in [-0.05, 0) is 72.6 Å². The van der Waals surface area contributed by atoms with Gasteiger partial charge in [-0.3, -0.25) is 15.0 Å². The van der Waals surface area contributed by atoms with E-state index in [4.69, 9.17) is 0 Å². The van der Waals surface area contributed by atoms with Gasteiger partial charge in [0, 0.05) is 29.9 Å². The van der Waals surface area contributed by atoms with Crippen molar-refractivity contribution >= 4 is 43.2 Å². The first-order valence-corrected chi connectivity index (χ1v) is 14.9. The number of aromatic nitrogens is 4. The molecule has 1 fully saturated rings. The van der Waals surface area contributed by atoms with Gasteiger partial charge in [-0.1, -0.05) is 44.7 Å². The Bertz CT molecular complexity index is 1510. The molecule has 0 unspecified atom stereocenters. The van der Waals surface area contributed by atoms with Gasteiger partial charge in [0.15, 0.2) is 0 Å². The molecule has 4 heterocycles. The smallest absolute Gasteiger partial charge is 0.116 e. The number of fused-ring (bicyclic) bond motifs is 1. The fourth-order valence-corrected chi connectivity index (χ4v) is 5.79. The summed E-state index contributed by atoms with van der Waals surface area (Å²) in [6.45, 7) is 11.8. The number of hydrogen-bond acceptors (Lipinski definition) is 5. The lowest BCUT2D eigenvalue weighted by molar-refractivity contribution is 0.220. The van der Waals surface area contributed by atoms with Crippen molar-refractivity contribution in [3.63, 3.8) is 0 Å². The van der Waals surface area contributed by atoms with Gasteiger partial charge in [0.2, 0.25) is 0 Å². The molecule has 37 heavy (non-hydrogen) atoms. The minimum Gasteiger partial charge on any atom is -0.353 e. The molecule has 192 valence electrons. The van der Waals surface area contributed by atoms with Crippen LogP contribution in [0, 0.1) is 0 Å². The number of rotatable bonds is 8. The number of aromatic amines is 1. The van der Waals surface area contributed by atoms with Crippen molar-refractivity contribution in [2.45, 2.75) is 49.9 Å². The normalized spacial score (nSPS) is 14.8. The van der Waals surface area contributed by atoms with Gasteiger partial charge in [0.1, 0.15) is 5.69 Å². The van der Waals surface area contributed by atoms with E-state index in [9.17, 15) is 0 Å². The maximum atomic E-state index is 4.64. The van der Waals surface area contributed by atoms with E-state index in [1.807, 2.05) is 30.7 Å². The topological polar surface area (TPSA) is 69.7 Å². The zero-order chi connectivity index (χ0) is 26.0. The Morgan fingerprint density at radius 1 is 1.03 bits per heavy atom. The number of benzene rings is 1. The maximum Gasteiger partial charge on any atom is 0.116 e. The van der Waals surface area contributed by atoms with Crippen LogP contribution < -0.4 is 5.32 Å². The summed E-state index contributed by atoms with van der Waals surface area (Å²) in [6, 6.07) is 12.6. The summed E-state index contributed by atoms with van der Waals surface area (Å²) >= 11 is 0. The second-order valence-corrected chi connectivity index (χ2v) is 13.5. The minimum atomic E-state index is -1.42. The quantitative estimate of drug-likeness (QED) is 0.263. The summed E-state index contributed by atoms with van der Waals surface area (Å²) in [5, 5.41) is 13.4. The Labute approximate surface area is 220 Å². The summed E-state index contributed by atoms with van der Waals surface area (Å²) in [5.41, 5.74) is 6.79. The molecule has 1 aliphatic heterocycles. The fraction of sp³-hybridized carbons (Fsp3) is 0.300. The molecule has 1 saturated heterocycles. The van der Waals surface area contributed by atoms with Crippen molar-refractivity contribution in [2.75, 3.05) is 18.4 Å². The lowest BCUT2D eigenvalue weighted by Crippen LogP contribution is -2.29. The number of nitrogens with zero attached hydrogens (tertiary/aromatic N) is 4. The number of nitrogens with one attached hydrogen (secondary N) is 2. The zero-order valence-corrected chi connectivity index (χ0v) is 22.7. The second-order valence-electron chi connectivity index (χ2n) is 10.2. The molecule has 0 aliphatic carbocycles. The van der Waals surface area contributed by atoms with Crippen molar-refractivity contribution in [1.29, 1.82) is 0 Å². The van der Waals surface area contributed by atoms with Crippen LogP contribution in [0.25, 0.3) is 27.7 Å². The molecule has 0 radical (unpaired) electrons. The van der Waals surface area contributed by atoms with Crippen LogP contribution >= 0.6 is 9.21 Å². The molecule has 4 aromatic rings. The fourth-order valence-electron chi connectivity index (χ4n) is 4.70. The Hall–Kier alpha value is -3.42. The van der Waals surface area contributed by atoms with Crippen LogP contribution in [-0.2, 0) is 6.54 Å². The third kappa shape index (κ3) is 5.48. The molecule has 0 atom stereocenters. The molecular weight excluding hydrogens is 476 g/mol. The Morgan fingerprint density at radius 3 is 2.57 bits per heavy atom. The first-order chi connectivity index (χ1) is 17.8. The van der Waals surface area contributed by atoms with Crippen LogP contribution in [-0.4, -0.2) is 55.1 Å². The number of likely N-dealkylation sites (tertiary alicyclic amines) is 1. The van der Waals surface area contributed by atoms with E-state index < -0.39 is 9.21 Å². The maximum absolute atomic E-state index is 4.64. The van der Waals surface area contributed by atoms with E-state index in [1.165, 1.54) is 37.9 Å². The number of pyridine rings is 2. The predicted molar refractivity (Wildman–Crippen MR) is 161 cm³/mol. The van der Waals surface area contributed by atoms with Crippen LogP contribution in [0.15, 0.2) is 66.6 Å². The number of hydrogen-bond donors (Lipinski definition) is 2. The van der Waals surface area contributed by atoms with Crippen molar-refractivity contribution in [3.05, 3.63) is 72.8 Å². The predicted octanol–water partition coefficient (Wildman–Crippen LogP) is 6.52. The highest BCUT2D eigenvalue weighted by Gasteiger charge is 2.14. The average Bonchev–Trinajstić information content (AvgIpc) is 3.33. The van der Waals surface area contributed by atoms with Crippen LogP contribution in [0.4, 0.5) is 5.69 Å². The number of piperidine rings is 1. The highest BCUT2D eigenvalue weighted by molar-refractivity contribution is 8.28. The molecule has 6 nitrogen and oxygen atoms in total. The van der Waals surface area contributed by atoms with Crippen LogP contribution in [0.1, 0.15) is 44.4 Å². The SMILES string of the molecule is C=C(Nc1ccc(S(=C)(=C)C(C)C)nc1)c1n[nH]c2ccc(-c3cncc(CN4CCCCC4)c3)cc12. The van der Waals surface area contributed by atoms with Gasteiger partial charge in [-0.2, -0.15) is 14.3 Å². The van der Waals surface area contributed by atoms with Crippen molar-refractivity contribution < 1.29 is 0 Å². The van der Waals surface area contributed by atoms with Gasteiger partial charge in [0.25, 0.3) is 0 Å². The molecule has 0 saturated carbocycles. The van der Waals surface area contributed by atoms with Crippen LogP contribution in [0.5, 0.6) is 0 Å². The van der Waals surface area contributed by atoms with Crippen molar-refractivity contribution in [3.8, 4) is 11.1 Å². The van der Waals surface area contributed by atoms with E-state index in [0.717, 1.165) is 45.0 Å². The monoisotopic (exact) mass is 512 g/mol. The van der Waals surface area contributed by atoms with Gasteiger partial charge in [-0.15, -0.1) is 0 Å². The summed E-state index contributed by atoms with van der Waals surface area (Å²) in [4.78, 5) is 11.7. The summed E-state index contributed by atoms with van der Waals surface area (Å²) in [7, 11) is -1.42. The van der Waals surface area contributed by atoms with Gasteiger partial charge in [-0.25, -0.2) is 4.98 Å². The first kappa shape index (κ1) is 25.2. The standard InChI is InChI=1S/C30H36N6S/c1-21(2)37(4,5)29-12-10-26(19-32-29)33-22(3)30-27-16-24(9-11-28(27)34-35-30)25-15-23(17-31-18-25)20-36-13-7-6-8-14-36/h9-12,15-19,21,33H,3-8,13-14,20H2,1-2H3,(H,34,35). The molecule has 0 spiro atoms. The molecule has 7 heteroatoms. The average molecular weight is 513 g/mol. The van der Waals surface area contributed by atoms with E-state index in [0.29, 0.717) is 10.9 Å². The molecule has 2 N–H and O–H groups in total. The van der Waals surface area contributed by atoms with E-state index >= 15 is 0 Å². The highest BCUT2D eigenvalue weighted by Crippen LogP contribution is 2.35. The molecule has 0 bridgehead atoms. The Morgan fingerprint density at radius 2 is 1.84 bits per heavy atom. The molecule has 3 aromatic heterocycles. The van der Waals surface area contributed by atoms with Crippen molar-refractivity contribution in [1.82, 2.24) is 25.1 Å². The van der Waals surface area contributed by atoms with Gasteiger partial charge < -0.3 is 5.32 Å². The van der Waals surface area contributed by atoms with Crippen LogP contribution in [0.3, 0.4) is 0 Å².